The number of benzene rings is 2. The molecule has 0 heterocycles. The fraction of sp³-hybridized carbons (Fsp3) is 0.0714. The number of sulfonamides is 1. The molecule has 0 aliphatic heterocycles. The van der Waals surface area contributed by atoms with Crippen LogP contribution in [0, 0.1) is 24.1 Å². The molecule has 0 aliphatic rings. The maximum atomic E-state index is 13.5. The summed E-state index contributed by atoms with van der Waals surface area (Å²) >= 11 is 0. The van der Waals surface area contributed by atoms with Crippen molar-refractivity contribution in [3.8, 4) is 6.07 Å². The van der Waals surface area contributed by atoms with Gasteiger partial charge in [-0.3, -0.25) is 4.72 Å². The number of halogens is 1. The Hall–Kier alpha value is -2.59. The zero-order valence-corrected chi connectivity index (χ0v) is 11.9. The molecule has 0 aromatic heterocycles. The molecule has 0 unspecified atom stereocenters. The van der Waals surface area contributed by atoms with Crippen molar-refractivity contribution >= 4 is 21.4 Å². The molecule has 7 heteroatoms. The molecule has 0 fully saturated rings. The van der Waals surface area contributed by atoms with Crippen molar-refractivity contribution in [1.82, 2.24) is 0 Å². The van der Waals surface area contributed by atoms with Gasteiger partial charge >= 0.3 is 0 Å². The molecule has 0 saturated carbocycles. The smallest absolute Gasteiger partial charge is 0.263 e. The number of nitrogen functional groups attached to an aromatic ring is 1. The highest BCUT2D eigenvalue weighted by Crippen LogP contribution is 2.23. The summed E-state index contributed by atoms with van der Waals surface area (Å²) in [6.07, 6.45) is 0. The number of anilines is 2. The standard InChI is InChI=1S/C14H12FN3O2S/c1-9-5-6-10(7-13(9)17)18-21(19,20)14-4-2-3-12(15)11(14)8-16/h2-7,18H,17H2,1H3. The molecule has 5 nitrogen and oxygen atoms in total. The van der Waals surface area contributed by atoms with Crippen LogP contribution in [0.4, 0.5) is 15.8 Å². The van der Waals surface area contributed by atoms with Crippen LogP contribution in [0.3, 0.4) is 0 Å². The van der Waals surface area contributed by atoms with Crippen LogP contribution in [0.25, 0.3) is 0 Å². The van der Waals surface area contributed by atoms with Crippen LogP contribution in [0.2, 0.25) is 0 Å². The van der Waals surface area contributed by atoms with Crippen molar-refractivity contribution < 1.29 is 12.8 Å². The fourth-order valence-corrected chi connectivity index (χ4v) is 2.97. The van der Waals surface area contributed by atoms with Gasteiger partial charge in [-0.15, -0.1) is 0 Å². The van der Waals surface area contributed by atoms with E-state index in [-0.39, 0.29) is 5.69 Å². The summed E-state index contributed by atoms with van der Waals surface area (Å²) in [7, 11) is -4.08. The molecule has 2 rings (SSSR count). The van der Waals surface area contributed by atoms with Crippen molar-refractivity contribution in [2.24, 2.45) is 0 Å². The highest BCUT2D eigenvalue weighted by molar-refractivity contribution is 7.92. The van der Waals surface area contributed by atoms with Gasteiger partial charge in [-0.2, -0.15) is 5.26 Å². The second-order valence-electron chi connectivity index (χ2n) is 4.40. The molecule has 21 heavy (non-hydrogen) atoms. The van der Waals surface area contributed by atoms with Crippen LogP contribution in [0.1, 0.15) is 11.1 Å². The van der Waals surface area contributed by atoms with E-state index < -0.39 is 26.3 Å². The van der Waals surface area contributed by atoms with Gasteiger partial charge in [0.1, 0.15) is 22.3 Å². The fourth-order valence-electron chi connectivity index (χ4n) is 1.75. The maximum Gasteiger partial charge on any atom is 0.263 e. The van der Waals surface area contributed by atoms with Gasteiger partial charge in [0.25, 0.3) is 10.0 Å². The Balaban J connectivity index is 2.46. The van der Waals surface area contributed by atoms with Crippen molar-refractivity contribution in [1.29, 1.82) is 5.26 Å². The van der Waals surface area contributed by atoms with Crippen molar-refractivity contribution in [2.45, 2.75) is 11.8 Å². The van der Waals surface area contributed by atoms with Gasteiger partial charge in [0.15, 0.2) is 0 Å². The minimum atomic E-state index is -4.08. The Bertz CT molecular complexity index is 842. The largest absolute Gasteiger partial charge is 0.398 e. The van der Waals surface area contributed by atoms with Crippen molar-refractivity contribution in [2.75, 3.05) is 10.5 Å². The summed E-state index contributed by atoms with van der Waals surface area (Å²) in [6, 6.07) is 9.63. The van der Waals surface area contributed by atoms with E-state index in [4.69, 9.17) is 11.0 Å². The second-order valence-corrected chi connectivity index (χ2v) is 6.05. The SMILES string of the molecule is Cc1ccc(NS(=O)(=O)c2cccc(F)c2C#N)cc1N. The summed E-state index contributed by atoms with van der Waals surface area (Å²) in [5.41, 5.74) is 6.66. The molecule has 0 aliphatic carbocycles. The third-order valence-corrected chi connectivity index (χ3v) is 4.33. The van der Waals surface area contributed by atoms with Gasteiger partial charge < -0.3 is 5.73 Å². The summed E-state index contributed by atoms with van der Waals surface area (Å²) < 4.78 is 40.3. The lowest BCUT2D eigenvalue weighted by Crippen LogP contribution is -2.15. The maximum absolute atomic E-state index is 13.5. The van der Waals surface area contributed by atoms with Gasteiger partial charge in [-0.05, 0) is 36.8 Å². The van der Waals surface area contributed by atoms with E-state index in [2.05, 4.69) is 4.72 Å². The number of nitrogens with two attached hydrogens (primary N) is 1. The summed E-state index contributed by atoms with van der Waals surface area (Å²) in [5, 5.41) is 8.91. The van der Waals surface area contributed by atoms with E-state index >= 15 is 0 Å². The molecule has 0 saturated heterocycles. The van der Waals surface area contributed by atoms with Crippen LogP contribution in [0.15, 0.2) is 41.3 Å². The highest BCUT2D eigenvalue weighted by atomic mass is 32.2. The molecule has 2 aromatic carbocycles. The third-order valence-electron chi connectivity index (χ3n) is 2.91. The number of aryl methyl sites for hydroxylation is 1. The predicted octanol–water partition coefficient (Wildman–Crippen LogP) is 2.39. The molecule has 0 amide bonds. The first-order chi connectivity index (χ1) is 9.85. The molecule has 2 aromatic rings. The quantitative estimate of drug-likeness (QED) is 0.851. The van der Waals surface area contributed by atoms with Gasteiger partial charge in [0.05, 0.1) is 5.69 Å². The molecule has 108 valence electrons. The monoisotopic (exact) mass is 305 g/mol. The molecule has 0 atom stereocenters. The van der Waals surface area contributed by atoms with Crippen molar-refractivity contribution in [3.63, 3.8) is 0 Å². The van der Waals surface area contributed by atoms with Crippen LogP contribution >= 0.6 is 0 Å². The predicted molar refractivity (Wildman–Crippen MR) is 77.5 cm³/mol. The van der Waals surface area contributed by atoms with Crippen LogP contribution < -0.4 is 10.5 Å². The Morgan fingerprint density at radius 2 is 2.00 bits per heavy atom. The number of nitrogens with one attached hydrogen (secondary N) is 1. The minimum Gasteiger partial charge on any atom is -0.398 e. The number of rotatable bonds is 3. The van der Waals surface area contributed by atoms with Crippen LogP contribution in [0.5, 0.6) is 0 Å². The number of hydrogen-bond donors (Lipinski definition) is 2. The van der Waals surface area contributed by atoms with Gasteiger partial charge in [-0.25, -0.2) is 12.8 Å². The van der Waals surface area contributed by atoms with E-state index in [0.717, 1.165) is 11.6 Å². The zero-order valence-electron chi connectivity index (χ0n) is 11.1. The van der Waals surface area contributed by atoms with E-state index in [1.165, 1.54) is 24.3 Å². The lowest BCUT2D eigenvalue weighted by Gasteiger charge is -2.11. The molecular weight excluding hydrogens is 293 g/mol. The molecular formula is C14H12FN3O2S. The van der Waals surface area contributed by atoms with E-state index in [1.54, 1.807) is 19.1 Å². The Morgan fingerprint density at radius 3 is 2.62 bits per heavy atom. The number of nitriles is 1. The average Bonchev–Trinajstić information content (AvgIpc) is 2.42. The first-order valence-electron chi connectivity index (χ1n) is 5.92. The molecule has 0 radical (unpaired) electrons. The number of hydrogen-bond acceptors (Lipinski definition) is 4. The Kier molecular flexibility index (Phi) is 3.82. The highest BCUT2D eigenvalue weighted by Gasteiger charge is 2.21. The average molecular weight is 305 g/mol. The molecule has 0 bridgehead atoms. The summed E-state index contributed by atoms with van der Waals surface area (Å²) in [6.45, 7) is 1.79. The summed E-state index contributed by atoms with van der Waals surface area (Å²) in [5.74, 6) is -0.885. The third kappa shape index (κ3) is 2.95. The topological polar surface area (TPSA) is 96.0 Å². The van der Waals surface area contributed by atoms with Gasteiger partial charge in [0.2, 0.25) is 0 Å². The Morgan fingerprint density at radius 1 is 1.29 bits per heavy atom. The normalized spacial score (nSPS) is 10.9. The van der Waals surface area contributed by atoms with Gasteiger partial charge in [-0.1, -0.05) is 12.1 Å². The Labute approximate surface area is 121 Å². The molecule has 3 N–H and O–H groups in total. The van der Waals surface area contributed by atoms with E-state index in [0.29, 0.717) is 5.69 Å². The first kappa shape index (κ1) is 14.8. The lowest BCUT2D eigenvalue weighted by molar-refractivity contribution is 0.593. The van der Waals surface area contributed by atoms with Crippen molar-refractivity contribution in [3.05, 3.63) is 53.3 Å². The summed E-state index contributed by atoms with van der Waals surface area (Å²) in [4.78, 5) is -0.413. The van der Waals surface area contributed by atoms with Gasteiger partial charge in [0, 0.05) is 5.69 Å². The second kappa shape index (κ2) is 5.42. The van der Waals surface area contributed by atoms with E-state index in [9.17, 15) is 12.8 Å². The zero-order chi connectivity index (χ0) is 15.6. The molecule has 0 spiro atoms. The first-order valence-corrected chi connectivity index (χ1v) is 7.41. The van der Waals surface area contributed by atoms with Crippen LogP contribution in [-0.2, 0) is 10.0 Å². The lowest BCUT2D eigenvalue weighted by atomic mass is 10.2. The number of nitrogens with zero attached hydrogens (tertiary/aromatic N) is 1. The minimum absolute atomic E-state index is 0.242. The van der Waals surface area contributed by atoms with Crippen LogP contribution in [-0.4, -0.2) is 8.42 Å². The van der Waals surface area contributed by atoms with E-state index in [1.807, 2.05) is 0 Å².